The Morgan fingerprint density at radius 1 is 1.00 bits per heavy atom. The molecule has 21 heavy (non-hydrogen) atoms. The van der Waals surface area contributed by atoms with Gasteiger partial charge in [-0.1, -0.05) is 57.2 Å². The highest BCUT2D eigenvalue weighted by molar-refractivity contribution is 5.54. The molecule has 0 aliphatic heterocycles. The summed E-state index contributed by atoms with van der Waals surface area (Å²) >= 11 is 0. The van der Waals surface area contributed by atoms with Gasteiger partial charge in [-0.25, -0.2) is 4.39 Å². The van der Waals surface area contributed by atoms with E-state index in [0.717, 1.165) is 11.3 Å². The fraction of sp³-hybridized carbons (Fsp3) is 0.368. The van der Waals surface area contributed by atoms with E-state index in [0.29, 0.717) is 6.42 Å². The van der Waals surface area contributed by atoms with Crippen LogP contribution in [-0.2, 0) is 11.8 Å². The first-order valence-corrected chi connectivity index (χ1v) is 7.47. The Bertz CT molecular complexity index is 599. The van der Waals surface area contributed by atoms with E-state index in [2.05, 4.69) is 51.2 Å². The molecule has 1 N–H and O–H groups in total. The maximum atomic E-state index is 13.7. The Morgan fingerprint density at radius 3 is 2.29 bits per heavy atom. The molecule has 1 unspecified atom stereocenters. The van der Waals surface area contributed by atoms with E-state index in [4.69, 9.17) is 0 Å². The first-order valence-electron chi connectivity index (χ1n) is 7.47. The average Bonchev–Trinajstić information content (AvgIpc) is 2.41. The molecule has 0 saturated carbocycles. The summed E-state index contributed by atoms with van der Waals surface area (Å²) in [6, 6.07) is 15.5. The van der Waals surface area contributed by atoms with Crippen molar-refractivity contribution in [3.8, 4) is 0 Å². The summed E-state index contributed by atoms with van der Waals surface area (Å²) in [5.74, 6) is -0.129. The zero-order valence-electron chi connectivity index (χ0n) is 13.3. The zero-order valence-corrected chi connectivity index (χ0v) is 13.3. The highest BCUT2D eigenvalue weighted by Gasteiger charge is 2.18. The van der Waals surface area contributed by atoms with Gasteiger partial charge in [-0.05, 0) is 42.0 Å². The second-order valence-electron chi connectivity index (χ2n) is 6.64. The summed E-state index contributed by atoms with van der Waals surface area (Å²) in [7, 11) is 0. The molecule has 0 bridgehead atoms. The van der Waals surface area contributed by atoms with E-state index >= 15 is 0 Å². The summed E-state index contributed by atoms with van der Waals surface area (Å²) in [6.07, 6.45) is 0.672. The molecule has 2 rings (SSSR count). The van der Waals surface area contributed by atoms with Crippen LogP contribution in [0.25, 0.3) is 0 Å². The van der Waals surface area contributed by atoms with E-state index in [-0.39, 0.29) is 17.3 Å². The van der Waals surface area contributed by atoms with Crippen molar-refractivity contribution in [1.29, 1.82) is 0 Å². The fourth-order valence-corrected chi connectivity index (χ4v) is 2.57. The van der Waals surface area contributed by atoms with Crippen LogP contribution in [0.15, 0.2) is 48.5 Å². The minimum atomic E-state index is -0.129. The van der Waals surface area contributed by atoms with Gasteiger partial charge in [0.15, 0.2) is 0 Å². The zero-order chi connectivity index (χ0) is 15.5. The lowest BCUT2D eigenvalue weighted by Gasteiger charge is -2.25. The Balaban J connectivity index is 2.14. The third kappa shape index (κ3) is 4.07. The Labute approximate surface area is 127 Å². The van der Waals surface area contributed by atoms with Crippen LogP contribution in [-0.4, -0.2) is 6.04 Å². The van der Waals surface area contributed by atoms with Crippen LogP contribution < -0.4 is 5.32 Å². The van der Waals surface area contributed by atoms with Gasteiger partial charge >= 0.3 is 0 Å². The lowest BCUT2D eigenvalue weighted by atomic mass is 9.85. The van der Waals surface area contributed by atoms with Gasteiger partial charge in [-0.2, -0.15) is 0 Å². The predicted molar refractivity (Wildman–Crippen MR) is 88.3 cm³/mol. The topological polar surface area (TPSA) is 12.0 Å². The first-order chi connectivity index (χ1) is 9.88. The minimum absolute atomic E-state index is 0.0846. The lowest BCUT2D eigenvalue weighted by molar-refractivity contribution is 0.587. The molecule has 0 aliphatic carbocycles. The molecule has 0 amide bonds. The highest BCUT2D eigenvalue weighted by atomic mass is 19.1. The maximum absolute atomic E-state index is 13.7. The van der Waals surface area contributed by atoms with Crippen molar-refractivity contribution in [3.05, 3.63) is 65.5 Å². The van der Waals surface area contributed by atoms with Crippen molar-refractivity contribution in [3.63, 3.8) is 0 Å². The number of para-hydroxylation sites is 1. The number of hydrogen-bond donors (Lipinski definition) is 1. The van der Waals surface area contributed by atoms with Gasteiger partial charge < -0.3 is 5.32 Å². The molecule has 0 spiro atoms. The lowest BCUT2D eigenvalue weighted by Crippen LogP contribution is -2.22. The van der Waals surface area contributed by atoms with Crippen molar-refractivity contribution < 1.29 is 4.39 Å². The monoisotopic (exact) mass is 285 g/mol. The SMILES string of the molecule is CC(Cc1ccccc1F)Nc1ccccc1C(C)(C)C. The van der Waals surface area contributed by atoms with Crippen molar-refractivity contribution in [2.75, 3.05) is 5.32 Å². The van der Waals surface area contributed by atoms with E-state index in [1.165, 1.54) is 11.6 Å². The largest absolute Gasteiger partial charge is 0.382 e. The molecule has 112 valence electrons. The second-order valence-corrected chi connectivity index (χ2v) is 6.64. The average molecular weight is 285 g/mol. The number of anilines is 1. The van der Waals surface area contributed by atoms with Crippen LogP contribution in [0.3, 0.4) is 0 Å². The van der Waals surface area contributed by atoms with Gasteiger partial charge in [0.25, 0.3) is 0 Å². The number of hydrogen-bond acceptors (Lipinski definition) is 1. The van der Waals surface area contributed by atoms with Gasteiger partial charge in [0, 0.05) is 11.7 Å². The molecular weight excluding hydrogens is 261 g/mol. The third-order valence-corrected chi connectivity index (χ3v) is 3.62. The van der Waals surface area contributed by atoms with Crippen LogP contribution in [0.5, 0.6) is 0 Å². The molecule has 0 fully saturated rings. The number of halogens is 1. The van der Waals surface area contributed by atoms with Gasteiger partial charge in [0.1, 0.15) is 5.82 Å². The molecule has 2 aromatic carbocycles. The predicted octanol–water partition coefficient (Wildman–Crippen LogP) is 5.17. The molecule has 1 nitrogen and oxygen atoms in total. The summed E-state index contributed by atoms with van der Waals surface area (Å²) in [4.78, 5) is 0. The molecule has 0 heterocycles. The number of nitrogens with one attached hydrogen (secondary N) is 1. The number of benzene rings is 2. The maximum Gasteiger partial charge on any atom is 0.126 e. The van der Waals surface area contributed by atoms with Crippen molar-refractivity contribution in [1.82, 2.24) is 0 Å². The summed E-state index contributed by atoms with van der Waals surface area (Å²) in [6.45, 7) is 8.70. The van der Waals surface area contributed by atoms with Crippen LogP contribution in [0.1, 0.15) is 38.8 Å². The first kappa shape index (κ1) is 15.6. The normalized spacial score (nSPS) is 13.0. The molecule has 0 radical (unpaired) electrons. The molecule has 2 heteroatoms. The fourth-order valence-electron chi connectivity index (χ4n) is 2.57. The molecule has 0 saturated heterocycles. The molecular formula is C19H24FN. The van der Waals surface area contributed by atoms with Crippen LogP contribution in [0.2, 0.25) is 0 Å². The van der Waals surface area contributed by atoms with Gasteiger partial charge in [0.2, 0.25) is 0 Å². The minimum Gasteiger partial charge on any atom is -0.382 e. The summed E-state index contributed by atoms with van der Waals surface area (Å²) < 4.78 is 13.7. The Hall–Kier alpha value is -1.83. The third-order valence-electron chi connectivity index (χ3n) is 3.62. The number of rotatable bonds is 4. The van der Waals surface area contributed by atoms with Crippen LogP contribution in [0, 0.1) is 5.82 Å². The van der Waals surface area contributed by atoms with Crippen molar-refractivity contribution >= 4 is 5.69 Å². The van der Waals surface area contributed by atoms with E-state index in [9.17, 15) is 4.39 Å². The molecule has 2 aromatic rings. The van der Waals surface area contributed by atoms with Crippen LogP contribution >= 0.6 is 0 Å². The summed E-state index contributed by atoms with van der Waals surface area (Å²) in [5, 5.41) is 3.53. The highest BCUT2D eigenvalue weighted by Crippen LogP contribution is 2.29. The molecule has 0 aromatic heterocycles. The van der Waals surface area contributed by atoms with Gasteiger partial charge in [0.05, 0.1) is 0 Å². The van der Waals surface area contributed by atoms with E-state index in [1.54, 1.807) is 6.07 Å². The van der Waals surface area contributed by atoms with Crippen LogP contribution in [0.4, 0.5) is 10.1 Å². The standard InChI is InChI=1S/C19H24FN/c1-14(13-15-9-5-7-11-17(15)20)21-18-12-8-6-10-16(18)19(2,3)4/h5-12,14,21H,13H2,1-4H3. The Morgan fingerprint density at radius 2 is 1.62 bits per heavy atom. The second kappa shape index (κ2) is 6.30. The van der Waals surface area contributed by atoms with Gasteiger partial charge in [-0.3, -0.25) is 0 Å². The van der Waals surface area contributed by atoms with E-state index < -0.39 is 0 Å². The Kier molecular flexibility index (Phi) is 4.66. The molecule has 1 atom stereocenters. The molecule has 0 aliphatic rings. The van der Waals surface area contributed by atoms with Crippen molar-refractivity contribution in [2.45, 2.75) is 45.6 Å². The smallest absolute Gasteiger partial charge is 0.126 e. The van der Waals surface area contributed by atoms with Gasteiger partial charge in [-0.15, -0.1) is 0 Å². The summed E-state index contributed by atoms with van der Waals surface area (Å²) in [5.41, 5.74) is 3.26. The van der Waals surface area contributed by atoms with Crippen molar-refractivity contribution in [2.24, 2.45) is 0 Å². The van der Waals surface area contributed by atoms with E-state index in [1.807, 2.05) is 18.2 Å². The quantitative estimate of drug-likeness (QED) is 0.817.